The molecule has 6 N–H and O–H groups in total. The summed E-state index contributed by atoms with van der Waals surface area (Å²) in [4.78, 5) is 52.5. The molecule has 294 valence electrons. The van der Waals surface area contributed by atoms with Gasteiger partial charge < -0.3 is 44.8 Å². The number of ketones is 3. The fourth-order valence-corrected chi connectivity index (χ4v) is 9.92. The fraction of sp³-hybridized carbons (Fsp3) is 0.795. The average Bonchev–Trinajstić information content (AvgIpc) is 3.25. The SMILES string of the molecule is CC[C@@H]1C[C@H](OC2OC(CO)C(O)C(O)C2O)C(=O)C(C)(C)/C1=C/C[C@@H]1CC(=O)C[C@]2(C)[C@@H](C(C)(O)C(=O)/C=C/C(C)(C)OC(C)=O)[C@H](O)C[C@@]12C. The van der Waals surface area contributed by atoms with Crippen LogP contribution in [0.2, 0.25) is 0 Å². The Morgan fingerprint density at radius 3 is 2.21 bits per heavy atom. The van der Waals surface area contributed by atoms with E-state index in [9.17, 15) is 49.8 Å². The Bertz CT molecular complexity index is 1440. The molecule has 1 heterocycles. The predicted octanol–water partition coefficient (Wildman–Crippen LogP) is 2.10. The molecule has 0 radical (unpaired) electrons. The average molecular weight is 737 g/mol. The first-order valence-electron chi connectivity index (χ1n) is 18.4. The highest BCUT2D eigenvalue weighted by Crippen LogP contribution is 2.67. The lowest BCUT2D eigenvalue weighted by Gasteiger charge is -2.54. The number of fused-ring (bicyclic) bond motifs is 1. The number of aliphatic hydroxyl groups excluding tert-OH is 5. The van der Waals surface area contributed by atoms with Gasteiger partial charge in [-0.25, -0.2) is 0 Å². The lowest BCUT2D eigenvalue weighted by molar-refractivity contribution is -0.310. The summed E-state index contributed by atoms with van der Waals surface area (Å²) < 4.78 is 16.7. The van der Waals surface area contributed by atoms with E-state index in [1.807, 2.05) is 26.8 Å². The van der Waals surface area contributed by atoms with E-state index in [1.54, 1.807) is 27.7 Å². The first kappa shape index (κ1) is 42.4. The van der Waals surface area contributed by atoms with Crippen LogP contribution in [0.25, 0.3) is 0 Å². The highest BCUT2D eigenvalue weighted by atomic mass is 16.7. The van der Waals surface area contributed by atoms with E-state index in [0.29, 0.717) is 12.8 Å². The van der Waals surface area contributed by atoms with Crippen LogP contribution in [0.15, 0.2) is 23.8 Å². The molecule has 0 aromatic heterocycles. The molecule has 52 heavy (non-hydrogen) atoms. The van der Waals surface area contributed by atoms with Crippen LogP contribution in [-0.4, -0.2) is 115 Å². The minimum absolute atomic E-state index is 0.0451. The molecule has 0 aromatic rings. The van der Waals surface area contributed by atoms with Gasteiger partial charge in [-0.1, -0.05) is 32.4 Å². The topological polar surface area (TPSA) is 217 Å². The molecule has 13 heteroatoms. The van der Waals surface area contributed by atoms with Crippen molar-refractivity contribution >= 4 is 23.3 Å². The Morgan fingerprint density at radius 2 is 1.63 bits per heavy atom. The second kappa shape index (κ2) is 15.1. The highest BCUT2D eigenvalue weighted by Gasteiger charge is 2.68. The largest absolute Gasteiger partial charge is 0.456 e. The number of allylic oxidation sites excluding steroid dienone is 2. The monoisotopic (exact) mass is 736 g/mol. The van der Waals surface area contributed by atoms with Crippen LogP contribution in [0.5, 0.6) is 0 Å². The predicted molar refractivity (Wildman–Crippen MR) is 187 cm³/mol. The quantitative estimate of drug-likeness (QED) is 0.102. The molecule has 4 rings (SSSR count). The number of rotatable bonds is 11. The van der Waals surface area contributed by atoms with Crippen LogP contribution in [-0.2, 0) is 33.4 Å². The Kier molecular flexibility index (Phi) is 12.3. The lowest BCUT2D eigenvalue weighted by atomic mass is 9.50. The van der Waals surface area contributed by atoms with Gasteiger partial charge in [0.2, 0.25) is 0 Å². The third kappa shape index (κ3) is 7.62. The summed E-state index contributed by atoms with van der Waals surface area (Å²) in [7, 11) is 0. The summed E-state index contributed by atoms with van der Waals surface area (Å²) in [5, 5.41) is 64.0. The summed E-state index contributed by atoms with van der Waals surface area (Å²) in [6, 6.07) is 0. The van der Waals surface area contributed by atoms with Crippen molar-refractivity contribution in [2.75, 3.05) is 6.61 Å². The first-order chi connectivity index (χ1) is 23.9. The molecular formula is C39H60O13. The minimum Gasteiger partial charge on any atom is -0.456 e. The van der Waals surface area contributed by atoms with Crippen LogP contribution in [0, 0.1) is 34.0 Å². The molecule has 3 saturated carbocycles. The first-order valence-corrected chi connectivity index (χ1v) is 18.4. The molecule has 0 bridgehead atoms. The van der Waals surface area contributed by atoms with Gasteiger partial charge in [0.05, 0.1) is 12.7 Å². The zero-order chi connectivity index (χ0) is 39.4. The van der Waals surface area contributed by atoms with Crippen LogP contribution in [0.4, 0.5) is 0 Å². The standard InChI is InChI=1S/C39H60O13/c1-10-21-15-26(50-34-31(47)30(46)29(45)27(19-40)51-34)33(48)36(5,6)24(21)12-11-22-16-23(42)17-38(8)32(25(43)18-37(22,38)7)39(9,49)28(44)13-14-35(3,4)52-20(2)41/h12-14,21-22,25-27,29-32,34,40,43,45-47,49H,10-11,15-19H2,1-9H3/b14-13+,24-12+/t21-,22-,25-,26+,27?,29?,30?,31?,32+,34?,37+,38-,39?/m1/s1. The van der Waals surface area contributed by atoms with Crippen LogP contribution in [0.1, 0.15) is 101 Å². The van der Waals surface area contributed by atoms with Crippen molar-refractivity contribution in [3.05, 3.63) is 23.8 Å². The summed E-state index contributed by atoms with van der Waals surface area (Å²) in [6.45, 7) is 14.6. The Morgan fingerprint density at radius 1 is 1.00 bits per heavy atom. The van der Waals surface area contributed by atoms with Crippen LogP contribution in [0.3, 0.4) is 0 Å². The maximum absolute atomic E-state index is 14.0. The molecule has 6 unspecified atom stereocenters. The van der Waals surface area contributed by atoms with E-state index >= 15 is 0 Å². The molecule has 13 atom stereocenters. The molecule has 3 aliphatic carbocycles. The summed E-state index contributed by atoms with van der Waals surface area (Å²) in [5.74, 6) is -2.91. The molecule has 4 fully saturated rings. The number of esters is 1. The van der Waals surface area contributed by atoms with E-state index in [1.165, 1.54) is 26.0 Å². The van der Waals surface area contributed by atoms with E-state index in [2.05, 4.69) is 0 Å². The van der Waals surface area contributed by atoms with Crippen LogP contribution >= 0.6 is 0 Å². The molecule has 4 aliphatic rings. The van der Waals surface area contributed by atoms with Crippen molar-refractivity contribution in [3.8, 4) is 0 Å². The van der Waals surface area contributed by atoms with Gasteiger partial charge in [-0.2, -0.15) is 0 Å². The number of carbonyl (C=O) groups is 4. The van der Waals surface area contributed by atoms with E-state index < -0.39 is 94.6 Å². The summed E-state index contributed by atoms with van der Waals surface area (Å²) in [5.41, 5.74) is -4.95. The van der Waals surface area contributed by atoms with E-state index in [-0.39, 0.29) is 49.1 Å². The molecule has 0 aromatic carbocycles. The normalized spacial score (nSPS) is 41.6. The Labute approximate surface area is 306 Å². The van der Waals surface area contributed by atoms with Crippen molar-refractivity contribution in [1.29, 1.82) is 0 Å². The molecule has 0 spiro atoms. The Balaban J connectivity index is 1.59. The zero-order valence-corrected chi connectivity index (χ0v) is 32.0. The molecular weight excluding hydrogens is 676 g/mol. The zero-order valence-electron chi connectivity index (χ0n) is 32.0. The number of ether oxygens (including phenoxy) is 3. The van der Waals surface area contributed by atoms with Gasteiger partial charge in [0.25, 0.3) is 0 Å². The number of carbonyl (C=O) groups excluding carboxylic acids is 4. The second-order valence-electron chi connectivity index (χ2n) is 17.3. The molecule has 1 saturated heterocycles. The maximum Gasteiger partial charge on any atom is 0.303 e. The lowest BCUT2D eigenvalue weighted by Crippen LogP contribution is -2.60. The van der Waals surface area contributed by atoms with Gasteiger partial charge in [0, 0.05) is 31.1 Å². The van der Waals surface area contributed by atoms with E-state index in [0.717, 1.165) is 5.57 Å². The highest BCUT2D eigenvalue weighted by molar-refractivity contribution is 5.97. The van der Waals surface area contributed by atoms with Gasteiger partial charge in [0.15, 0.2) is 17.9 Å². The number of hydrogen-bond acceptors (Lipinski definition) is 13. The number of hydrogen-bond donors (Lipinski definition) is 6. The summed E-state index contributed by atoms with van der Waals surface area (Å²) in [6.07, 6.45) is -3.13. The van der Waals surface area contributed by atoms with Gasteiger partial charge in [0.1, 0.15) is 47.5 Å². The van der Waals surface area contributed by atoms with Crippen molar-refractivity contribution in [3.63, 3.8) is 0 Å². The summed E-state index contributed by atoms with van der Waals surface area (Å²) >= 11 is 0. The van der Waals surface area contributed by atoms with Crippen molar-refractivity contribution in [1.82, 2.24) is 0 Å². The maximum atomic E-state index is 14.0. The number of Topliss-reactive ketones (excluding diaryl/α,β-unsaturated/α-hetero) is 2. The third-order valence-electron chi connectivity index (χ3n) is 12.9. The van der Waals surface area contributed by atoms with Crippen LogP contribution < -0.4 is 0 Å². The number of aliphatic hydroxyl groups is 6. The second-order valence-corrected chi connectivity index (χ2v) is 17.3. The van der Waals surface area contributed by atoms with Gasteiger partial charge in [-0.3, -0.25) is 19.2 Å². The van der Waals surface area contributed by atoms with Gasteiger partial charge in [-0.15, -0.1) is 0 Å². The van der Waals surface area contributed by atoms with Gasteiger partial charge in [-0.05, 0) is 95.1 Å². The van der Waals surface area contributed by atoms with Crippen molar-refractivity contribution in [2.24, 2.45) is 34.0 Å². The van der Waals surface area contributed by atoms with Gasteiger partial charge >= 0.3 is 5.97 Å². The third-order valence-corrected chi connectivity index (χ3v) is 12.9. The van der Waals surface area contributed by atoms with Crippen molar-refractivity contribution in [2.45, 2.75) is 155 Å². The molecule has 13 nitrogen and oxygen atoms in total. The van der Waals surface area contributed by atoms with Crippen molar-refractivity contribution < 1.29 is 64.0 Å². The van der Waals surface area contributed by atoms with E-state index in [4.69, 9.17) is 14.2 Å². The molecule has 1 aliphatic heterocycles. The minimum atomic E-state index is -2.05. The smallest absolute Gasteiger partial charge is 0.303 e. The Hall–Kier alpha value is -2.36. The molecule has 0 amide bonds. The fourth-order valence-electron chi connectivity index (χ4n) is 9.92.